The van der Waals surface area contributed by atoms with Gasteiger partial charge >= 0.3 is 6.09 Å². The van der Waals surface area contributed by atoms with Gasteiger partial charge in [0.15, 0.2) is 0 Å². The van der Waals surface area contributed by atoms with Gasteiger partial charge in [0.25, 0.3) is 5.91 Å². The zero-order valence-corrected chi connectivity index (χ0v) is 24.3. The van der Waals surface area contributed by atoms with E-state index >= 15 is 0 Å². The number of carbonyl (C=O) groups is 3. The number of aryl methyl sites for hydroxylation is 1. The van der Waals surface area contributed by atoms with Crippen molar-refractivity contribution in [1.82, 2.24) is 10.2 Å². The minimum atomic E-state index is -1.01. The molecule has 0 aliphatic heterocycles. The molecule has 0 heterocycles. The Morgan fingerprint density at radius 1 is 0.976 bits per heavy atom. The van der Waals surface area contributed by atoms with Gasteiger partial charge in [-0.1, -0.05) is 67.6 Å². The molecule has 3 aromatic carbocycles. The van der Waals surface area contributed by atoms with Crippen LogP contribution in [0.3, 0.4) is 0 Å². The van der Waals surface area contributed by atoms with Crippen LogP contribution in [0.5, 0.6) is 5.75 Å². The molecule has 1 saturated carbocycles. The van der Waals surface area contributed by atoms with Gasteiger partial charge < -0.3 is 25.4 Å². The SMILES string of the molecule is Cc1ccccc1NC(=O)C(c1ccccc1)N(C(=O)C(Cc1ccc(O)cc1)NC(=O)OC(C)(C)C)C1CC1C. The number of nitrogens with one attached hydrogen (secondary N) is 2. The predicted octanol–water partition coefficient (Wildman–Crippen LogP) is 5.75. The third-order valence-corrected chi connectivity index (χ3v) is 7.09. The fourth-order valence-electron chi connectivity index (χ4n) is 4.86. The van der Waals surface area contributed by atoms with Crippen molar-refractivity contribution in [1.29, 1.82) is 0 Å². The second kappa shape index (κ2) is 12.5. The van der Waals surface area contributed by atoms with Gasteiger partial charge in [-0.3, -0.25) is 9.59 Å². The van der Waals surface area contributed by atoms with Crippen molar-refractivity contribution in [2.24, 2.45) is 5.92 Å². The van der Waals surface area contributed by atoms with E-state index in [2.05, 4.69) is 10.6 Å². The second-order valence-electron chi connectivity index (χ2n) is 11.7. The number of benzene rings is 3. The molecule has 216 valence electrons. The summed E-state index contributed by atoms with van der Waals surface area (Å²) in [6.45, 7) is 9.22. The summed E-state index contributed by atoms with van der Waals surface area (Å²) >= 11 is 0. The first-order chi connectivity index (χ1) is 19.4. The van der Waals surface area contributed by atoms with Crippen LogP contribution in [0, 0.1) is 12.8 Å². The Morgan fingerprint density at radius 3 is 2.17 bits per heavy atom. The monoisotopic (exact) mass is 557 g/mol. The van der Waals surface area contributed by atoms with Gasteiger partial charge in [-0.2, -0.15) is 0 Å². The number of alkyl carbamates (subject to hydrolysis) is 1. The van der Waals surface area contributed by atoms with Gasteiger partial charge in [0.1, 0.15) is 23.4 Å². The minimum Gasteiger partial charge on any atom is -0.508 e. The number of nitrogens with zero attached hydrogens (tertiary/aromatic N) is 1. The third kappa shape index (κ3) is 7.87. The number of amides is 3. The van der Waals surface area contributed by atoms with E-state index in [0.717, 1.165) is 17.5 Å². The van der Waals surface area contributed by atoms with Crippen molar-refractivity contribution in [3.63, 3.8) is 0 Å². The minimum absolute atomic E-state index is 0.0992. The number of anilines is 1. The van der Waals surface area contributed by atoms with Crippen LogP contribution in [0.2, 0.25) is 0 Å². The molecule has 1 fully saturated rings. The van der Waals surface area contributed by atoms with E-state index in [1.165, 1.54) is 12.1 Å². The maximum absolute atomic E-state index is 14.5. The fourth-order valence-corrected chi connectivity index (χ4v) is 4.86. The van der Waals surface area contributed by atoms with E-state index < -0.39 is 23.8 Å². The van der Waals surface area contributed by atoms with Gasteiger partial charge in [-0.25, -0.2) is 4.79 Å². The molecule has 3 aromatic rings. The standard InChI is InChI=1S/C33H39N3O5/c1-21-11-9-10-14-26(21)34-30(38)29(24-12-7-6-8-13-24)36(28-19-22(28)2)31(39)27(35-32(40)41-33(3,4)5)20-23-15-17-25(37)18-16-23/h6-18,22,27-29,37H,19-20H2,1-5H3,(H,34,38)(H,35,40). The smallest absolute Gasteiger partial charge is 0.408 e. The van der Waals surface area contributed by atoms with Crippen LogP contribution in [0.4, 0.5) is 10.5 Å². The number of rotatable bonds is 9. The molecule has 1 aliphatic rings. The molecule has 0 radical (unpaired) electrons. The van der Waals surface area contributed by atoms with Gasteiger partial charge in [-0.05, 0) is 74.9 Å². The Labute approximate surface area is 241 Å². The summed E-state index contributed by atoms with van der Waals surface area (Å²) in [5, 5.41) is 15.6. The molecule has 41 heavy (non-hydrogen) atoms. The Hall–Kier alpha value is -4.33. The first kappa shape index (κ1) is 29.6. The molecular weight excluding hydrogens is 518 g/mol. The zero-order valence-electron chi connectivity index (χ0n) is 24.3. The molecule has 0 aromatic heterocycles. The summed E-state index contributed by atoms with van der Waals surface area (Å²) < 4.78 is 5.50. The van der Waals surface area contributed by atoms with Crippen LogP contribution in [0.25, 0.3) is 0 Å². The normalized spacial score (nSPS) is 17.6. The van der Waals surface area contributed by atoms with Gasteiger partial charge in [0.05, 0.1) is 0 Å². The van der Waals surface area contributed by atoms with E-state index in [1.807, 2.05) is 68.4 Å². The summed E-state index contributed by atoms with van der Waals surface area (Å²) in [6, 6.07) is 21.1. The molecule has 4 unspecified atom stereocenters. The predicted molar refractivity (Wildman–Crippen MR) is 158 cm³/mol. The number of hydrogen-bond donors (Lipinski definition) is 3. The lowest BCUT2D eigenvalue weighted by Crippen LogP contribution is -2.54. The number of phenols is 1. The summed E-state index contributed by atoms with van der Waals surface area (Å²) in [4.78, 5) is 43.1. The Kier molecular flexibility index (Phi) is 9.01. The lowest BCUT2D eigenvalue weighted by atomic mass is 9.99. The van der Waals surface area contributed by atoms with Gasteiger partial charge in [0, 0.05) is 18.2 Å². The van der Waals surface area contributed by atoms with Gasteiger partial charge in [-0.15, -0.1) is 0 Å². The van der Waals surface area contributed by atoms with Crippen molar-refractivity contribution < 1.29 is 24.2 Å². The number of phenolic OH excluding ortho intramolecular Hbond substituents is 1. The van der Waals surface area contributed by atoms with Gasteiger partial charge in [0.2, 0.25) is 5.91 Å². The molecule has 8 nitrogen and oxygen atoms in total. The number of carbonyl (C=O) groups excluding carboxylic acids is 3. The first-order valence-corrected chi connectivity index (χ1v) is 13.9. The summed E-state index contributed by atoms with van der Waals surface area (Å²) in [6.07, 6.45) is 0.168. The van der Waals surface area contributed by atoms with Crippen LogP contribution in [0.1, 0.15) is 56.8 Å². The molecular formula is C33H39N3O5. The highest BCUT2D eigenvalue weighted by Crippen LogP contribution is 2.41. The zero-order chi connectivity index (χ0) is 29.7. The highest BCUT2D eigenvalue weighted by molar-refractivity contribution is 5.99. The van der Waals surface area contributed by atoms with Crippen molar-refractivity contribution in [3.05, 3.63) is 95.6 Å². The lowest BCUT2D eigenvalue weighted by molar-refractivity contribution is -0.141. The van der Waals surface area contributed by atoms with E-state index in [0.29, 0.717) is 11.3 Å². The second-order valence-corrected chi connectivity index (χ2v) is 11.7. The van der Waals surface area contributed by atoms with E-state index in [-0.39, 0.29) is 35.9 Å². The number of aromatic hydroxyl groups is 1. The molecule has 3 N–H and O–H groups in total. The lowest BCUT2D eigenvalue weighted by Gasteiger charge is -2.35. The molecule has 8 heteroatoms. The van der Waals surface area contributed by atoms with Crippen LogP contribution in [-0.2, 0) is 20.7 Å². The maximum atomic E-state index is 14.5. The first-order valence-electron chi connectivity index (χ1n) is 13.9. The third-order valence-electron chi connectivity index (χ3n) is 7.09. The summed E-state index contributed by atoms with van der Waals surface area (Å²) in [5.74, 6) is -0.430. The Morgan fingerprint density at radius 2 is 1.59 bits per heavy atom. The number of para-hydroxylation sites is 1. The quantitative estimate of drug-likeness (QED) is 0.310. The molecule has 4 atom stereocenters. The number of ether oxygens (including phenoxy) is 1. The van der Waals surface area contributed by atoms with Crippen molar-refractivity contribution in [2.75, 3.05) is 5.32 Å². The highest BCUT2D eigenvalue weighted by atomic mass is 16.6. The van der Waals surface area contributed by atoms with E-state index in [4.69, 9.17) is 4.74 Å². The Balaban J connectivity index is 1.73. The van der Waals surface area contributed by atoms with E-state index in [1.54, 1.807) is 37.8 Å². The largest absolute Gasteiger partial charge is 0.508 e. The maximum Gasteiger partial charge on any atom is 0.408 e. The fraction of sp³-hybridized carbons (Fsp3) is 0.364. The topological polar surface area (TPSA) is 108 Å². The molecule has 0 saturated heterocycles. The van der Waals surface area contributed by atoms with Crippen LogP contribution in [-0.4, -0.2) is 45.6 Å². The average Bonchev–Trinajstić information content (AvgIpc) is 3.64. The van der Waals surface area contributed by atoms with Crippen molar-refractivity contribution in [2.45, 2.75) is 71.2 Å². The summed E-state index contributed by atoms with van der Waals surface area (Å²) in [5.41, 5.74) is 2.22. The molecule has 0 spiro atoms. The van der Waals surface area contributed by atoms with E-state index in [9.17, 15) is 19.5 Å². The molecule has 0 bridgehead atoms. The molecule has 4 rings (SSSR count). The van der Waals surface area contributed by atoms with Crippen LogP contribution in [0.15, 0.2) is 78.9 Å². The van der Waals surface area contributed by atoms with Crippen molar-refractivity contribution in [3.8, 4) is 5.75 Å². The highest BCUT2D eigenvalue weighted by Gasteiger charge is 2.48. The van der Waals surface area contributed by atoms with Crippen molar-refractivity contribution >= 4 is 23.6 Å². The van der Waals surface area contributed by atoms with Crippen LogP contribution < -0.4 is 10.6 Å². The Bertz CT molecular complexity index is 1370. The average molecular weight is 558 g/mol. The summed E-state index contributed by atoms with van der Waals surface area (Å²) in [7, 11) is 0. The molecule has 3 amide bonds. The van der Waals surface area contributed by atoms with Crippen LogP contribution >= 0.6 is 0 Å². The number of hydrogen-bond acceptors (Lipinski definition) is 5. The molecule has 1 aliphatic carbocycles.